The van der Waals surface area contributed by atoms with Gasteiger partial charge in [0.2, 0.25) is 6.41 Å². The molecule has 3 heterocycles. The molecule has 1 unspecified atom stereocenters. The second-order valence-corrected chi connectivity index (χ2v) is 9.61. The zero-order chi connectivity index (χ0) is 26.1. The van der Waals surface area contributed by atoms with Crippen LogP contribution in [0.2, 0.25) is 5.02 Å². The van der Waals surface area contributed by atoms with Crippen molar-refractivity contribution >= 4 is 35.2 Å². The molecule has 0 saturated carbocycles. The molecule has 7 nitrogen and oxygen atoms in total. The minimum atomic E-state index is -0.225. The molecule has 3 aromatic rings. The van der Waals surface area contributed by atoms with Crippen molar-refractivity contribution in [2.75, 3.05) is 60.5 Å². The molecule has 1 fully saturated rings. The van der Waals surface area contributed by atoms with Crippen LogP contribution in [0.3, 0.4) is 0 Å². The smallest absolute Gasteiger partial charge is 0.210 e. The first-order valence-corrected chi connectivity index (χ1v) is 12.7. The number of rotatable bonds is 4. The lowest BCUT2D eigenvalue weighted by Crippen LogP contribution is -2.42. The molecule has 0 bridgehead atoms. The van der Waals surface area contributed by atoms with Crippen molar-refractivity contribution in [3.05, 3.63) is 69.9 Å². The summed E-state index contributed by atoms with van der Waals surface area (Å²) in [5.41, 5.74) is 4.71. The van der Waals surface area contributed by atoms with Crippen molar-refractivity contribution < 1.29 is 14.3 Å². The van der Waals surface area contributed by atoms with Crippen molar-refractivity contribution in [1.82, 2.24) is 19.7 Å². The maximum atomic E-state index is 11.6. The molecule has 1 aromatic heterocycles. The van der Waals surface area contributed by atoms with Gasteiger partial charge in [0, 0.05) is 73.6 Å². The van der Waals surface area contributed by atoms with E-state index in [4.69, 9.17) is 11.6 Å². The van der Waals surface area contributed by atoms with Gasteiger partial charge in [0.25, 0.3) is 0 Å². The number of hydrogen-bond donors (Lipinski definition) is 1. The highest BCUT2D eigenvalue weighted by Gasteiger charge is 2.31. The molecule has 1 saturated heterocycles. The van der Waals surface area contributed by atoms with Crippen LogP contribution in [0.4, 0.5) is 0 Å². The number of aldehydes is 1. The highest BCUT2D eigenvalue weighted by molar-refractivity contribution is 6.31. The van der Waals surface area contributed by atoms with Gasteiger partial charge in [-0.3, -0.25) is 9.59 Å². The first kappa shape index (κ1) is 27.9. The zero-order valence-electron chi connectivity index (χ0n) is 21.7. The number of aromatic amines is 1. The molecule has 2 aliphatic heterocycles. The van der Waals surface area contributed by atoms with E-state index >= 15 is 0 Å². The number of hydrogen-bond acceptors (Lipinski definition) is 5. The number of likely N-dealkylation sites (N-methyl/N-ethyl adjacent to an activating group) is 2. The summed E-state index contributed by atoms with van der Waals surface area (Å²) in [7, 11) is 6.03. The minimum absolute atomic E-state index is 0.225. The van der Waals surface area contributed by atoms with Crippen LogP contribution >= 0.6 is 11.6 Å². The second-order valence-electron chi connectivity index (χ2n) is 9.17. The normalized spacial score (nSPS) is 17.9. The van der Waals surface area contributed by atoms with Crippen LogP contribution in [-0.4, -0.2) is 92.9 Å². The highest BCUT2D eigenvalue weighted by atomic mass is 35.5. The van der Waals surface area contributed by atoms with Gasteiger partial charge in [-0.25, -0.2) is 0 Å². The van der Waals surface area contributed by atoms with Crippen molar-refractivity contribution in [3.8, 4) is 0 Å². The average Bonchev–Trinajstić information content (AvgIpc) is 3.28. The molecule has 194 valence electrons. The second kappa shape index (κ2) is 13.6. The molecule has 1 atom stereocenters. The standard InChI is InChI=1S/C19H15ClN2O2.C6H14N2.C3H8O/c20-14-4-5-17-16(9-14)15-6-7-22(11-24)19(18(15)21-17)13-3-1-2-12(8-13)10-23;1-7-3-5-8(2)6-4-7;1-3-4-2/h1-5,8-11,19,21H,6-7H2;3-6H2,1-2H3;3H2,1-2H3. The van der Waals surface area contributed by atoms with E-state index in [1.54, 1.807) is 18.1 Å². The molecule has 36 heavy (non-hydrogen) atoms. The van der Waals surface area contributed by atoms with E-state index in [0.29, 0.717) is 17.1 Å². The molecule has 2 aliphatic rings. The lowest BCUT2D eigenvalue weighted by atomic mass is 9.92. The van der Waals surface area contributed by atoms with Crippen LogP contribution in [0, 0.1) is 0 Å². The number of halogens is 1. The molecular weight excluding hydrogens is 476 g/mol. The number of methoxy groups -OCH3 is 1. The Balaban J connectivity index is 0.000000250. The third kappa shape index (κ3) is 6.95. The summed E-state index contributed by atoms with van der Waals surface area (Å²) in [6.45, 7) is 8.34. The molecule has 2 aromatic carbocycles. The number of ether oxygens (including phenoxy) is 1. The van der Waals surface area contributed by atoms with E-state index in [-0.39, 0.29) is 6.04 Å². The van der Waals surface area contributed by atoms with Gasteiger partial charge in [0.1, 0.15) is 6.29 Å². The highest BCUT2D eigenvalue weighted by Crippen LogP contribution is 2.38. The van der Waals surface area contributed by atoms with Crippen LogP contribution in [0.1, 0.15) is 40.1 Å². The summed E-state index contributed by atoms with van der Waals surface area (Å²) in [6.07, 6.45) is 2.47. The number of amides is 1. The topological polar surface area (TPSA) is 68.9 Å². The number of fused-ring (bicyclic) bond motifs is 3. The minimum Gasteiger partial charge on any atom is -0.385 e. The predicted molar refractivity (Wildman–Crippen MR) is 146 cm³/mol. The summed E-state index contributed by atoms with van der Waals surface area (Å²) >= 11 is 6.15. The molecule has 1 amide bonds. The maximum absolute atomic E-state index is 11.6. The van der Waals surface area contributed by atoms with Crippen LogP contribution in [0.25, 0.3) is 10.9 Å². The number of nitrogens with zero attached hydrogens (tertiary/aromatic N) is 3. The Bertz CT molecular complexity index is 1130. The van der Waals surface area contributed by atoms with Gasteiger partial charge >= 0.3 is 0 Å². The summed E-state index contributed by atoms with van der Waals surface area (Å²) in [4.78, 5) is 32.6. The fourth-order valence-corrected chi connectivity index (χ4v) is 4.63. The Morgan fingerprint density at radius 1 is 1.03 bits per heavy atom. The van der Waals surface area contributed by atoms with Gasteiger partial charge in [-0.15, -0.1) is 0 Å². The summed E-state index contributed by atoms with van der Waals surface area (Å²) in [6, 6.07) is 12.9. The molecule has 0 spiro atoms. The van der Waals surface area contributed by atoms with Crippen molar-refractivity contribution in [1.29, 1.82) is 0 Å². The number of carbonyl (C=O) groups is 2. The summed E-state index contributed by atoms with van der Waals surface area (Å²) in [5.74, 6) is 0. The quantitative estimate of drug-likeness (QED) is 0.529. The monoisotopic (exact) mass is 512 g/mol. The molecule has 0 aliphatic carbocycles. The van der Waals surface area contributed by atoms with Crippen LogP contribution in [0.5, 0.6) is 0 Å². The number of H-pyrrole nitrogens is 1. The Morgan fingerprint density at radius 3 is 2.28 bits per heavy atom. The lowest BCUT2D eigenvalue weighted by Gasteiger charge is -2.33. The maximum Gasteiger partial charge on any atom is 0.210 e. The fraction of sp³-hybridized carbons (Fsp3) is 0.429. The Hall–Kier alpha value is -2.71. The van der Waals surface area contributed by atoms with Crippen molar-refractivity contribution in [2.45, 2.75) is 19.4 Å². The Kier molecular flexibility index (Phi) is 10.5. The molecular formula is C28H37ClN4O3. The fourth-order valence-electron chi connectivity index (χ4n) is 4.46. The van der Waals surface area contributed by atoms with Gasteiger partial charge in [0.15, 0.2) is 0 Å². The first-order valence-electron chi connectivity index (χ1n) is 12.3. The third-order valence-electron chi connectivity index (χ3n) is 6.64. The van der Waals surface area contributed by atoms with E-state index in [9.17, 15) is 9.59 Å². The Labute approximate surface area is 219 Å². The SMILES string of the molecule is CCOC.CN1CCN(C)CC1.O=Cc1cccc(C2c3[nH]c4ccc(Cl)cc4c3CCN2C=O)c1. The largest absolute Gasteiger partial charge is 0.385 e. The summed E-state index contributed by atoms with van der Waals surface area (Å²) in [5, 5.41) is 1.79. The number of carbonyl (C=O) groups excluding carboxylic acids is 2. The van der Waals surface area contributed by atoms with Crippen LogP contribution in [0.15, 0.2) is 42.5 Å². The average molecular weight is 513 g/mol. The van der Waals surface area contributed by atoms with E-state index < -0.39 is 0 Å². The van der Waals surface area contributed by atoms with Gasteiger partial charge in [0.05, 0.1) is 6.04 Å². The Morgan fingerprint density at radius 2 is 1.69 bits per heavy atom. The number of nitrogens with one attached hydrogen (secondary N) is 1. The van der Waals surface area contributed by atoms with Crippen molar-refractivity contribution in [2.24, 2.45) is 0 Å². The first-order chi connectivity index (χ1) is 17.4. The van der Waals surface area contributed by atoms with Gasteiger partial charge in [-0.2, -0.15) is 0 Å². The van der Waals surface area contributed by atoms with E-state index in [2.05, 4.69) is 33.6 Å². The zero-order valence-corrected chi connectivity index (χ0v) is 22.4. The number of piperazine rings is 1. The molecule has 8 heteroatoms. The van der Waals surface area contributed by atoms with Crippen LogP contribution < -0.4 is 0 Å². The van der Waals surface area contributed by atoms with Gasteiger partial charge < -0.3 is 24.4 Å². The van der Waals surface area contributed by atoms with Gasteiger partial charge in [-0.05, 0) is 62.8 Å². The molecule has 5 rings (SSSR count). The number of aromatic nitrogens is 1. The number of benzene rings is 2. The molecule has 1 N–H and O–H groups in total. The van der Waals surface area contributed by atoms with Gasteiger partial charge in [-0.1, -0.05) is 29.8 Å². The van der Waals surface area contributed by atoms with Crippen molar-refractivity contribution in [3.63, 3.8) is 0 Å². The third-order valence-corrected chi connectivity index (χ3v) is 6.87. The van der Waals surface area contributed by atoms with E-state index in [1.807, 2.05) is 43.3 Å². The summed E-state index contributed by atoms with van der Waals surface area (Å²) < 4.78 is 4.54. The lowest BCUT2D eigenvalue weighted by molar-refractivity contribution is -0.120. The van der Waals surface area contributed by atoms with E-state index in [0.717, 1.165) is 47.9 Å². The molecule has 0 radical (unpaired) electrons. The van der Waals surface area contributed by atoms with E-state index in [1.165, 1.54) is 31.7 Å². The predicted octanol–water partition coefficient (Wildman–Crippen LogP) is 4.25. The van der Waals surface area contributed by atoms with Crippen LogP contribution in [-0.2, 0) is 16.0 Å².